The zero-order valence-corrected chi connectivity index (χ0v) is 34.6. The van der Waals surface area contributed by atoms with Gasteiger partial charge in [0.05, 0.1) is 70.6 Å². The van der Waals surface area contributed by atoms with E-state index in [2.05, 4.69) is 31.2 Å². The quantitative estimate of drug-likeness (QED) is 0.0573. The van der Waals surface area contributed by atoms with Crippen LogP contribution in [0.5, 0.6) is 11.5 Å². The predicted octanol–water partition coefficient (Wildman–Crippen LogP) is 1.77. The van der Waals surface area contributed by atoms with Crippen molar-refractivity contribution in [1.82, 2.24) is 40.8 Å². The molecule has 19 nitrogen and oxygen atoms in total. The number of fused-ring (bicyclic) bond motifs is 3. The molecule has 318 valence electrons. The molecule has 0 radical (unpaired) electrons. The summed E-state index contributed by atoms with van der Waals surface area (Å²) in [5, 5.41) is 12.9. The van der Waals surface area contributed by atoms with E-state index < -0.39 is 0 Å². The summed E-state index contributed by atoms with van der Waals surface area (Å²) in [4.78, 5) is 52.4. The highest BCUT2D eigenvalue weighted by atomic mass is 32.2. The van der Waals surface area contributed by atoms with Crippen LogP contribution in [0, 0.1) is 0 Å². The number of hydrogen-bond donors (Lipinski definition) is 5. The number of hydrogen-bond acceptors (Lipinski definition) is 16. The first-order valence-corrected chi connectivity index (χ1v) is 21.4. The second kappa shape index (κ2) is 22.2. The molecule has 3 aliphatic rings. The molecule has 1 aromatic carbocycles. The third kappa shape index (κ3) is 12.4. The highest BCUT2D eigenvalue weighted by molar-refractivity contribution is 8.00. The third-order valence-corrected chi connectivity index (χ3v) is 12.1. The molecule has 3 unspecified atom stereocenters. The summed E-state index contributed by atoms with van der Waals surface area (Å²) in [5.74, 6) is 2.46. The van der Waals surface area contributed by atoms with Crippen molar-refractivity contribution in [1.29, 1.82) is 0 Å². The van der Waals surface area contributed by atoms with Gasteiger partial charge in [0.2, 0.25) is 18.6 Å². The highest BCUT2D eigenvalue weighted by Crippen LogP contribution is 2.44. The van der Waals surface area contributed by atoms with Crippen LogP contribution in [-0.4, -0.2) is 147 Å². The van der Waals surface area contributed by atoms with Crippen molar-refractivity contribution >= 4 is 64.0 Å². The van der Waals surface area contributed by atoms with Crippen LogP contribution in [0.1, 0.15) is 32.1 Å². The molecule has 6 N–H and O–H groups in total. The Morgan fingerprint density at radius 3 is 2.38 bits per heavy atom. The van der Waals surface area contributed by atoms with Crippen LogP contribution in [0.25, 0.3) is 11.2 Å². The second-order valence-electron chi connectivity index (χ2n) is 13.9. The first-order chi connectivity index (χ1) is 28.3. The van der Waals surface area contributed by atoms with Crippen molar-refractivity contribution in [2.45, 2.75) is 66.0 Å². The van der Waals surface area contributed by atoms with E-state index in [1.54, 1.807) is 0 Å². The number of unbranched alkanes of at least 4 members (excludes halogenated alkanes) is 1. The number of aromatic nitrogens is 4. The molecule has 3 atom stereocenters. The van der Waals surface area contributed by atoms with Gasteiger partial charge < -0.3 is 64.9 Å². The molecular weight excluding hydrogens is 793 g/mol. The first-order valence-electron chi connectivity index (χ1n) is 19.6. The Morgan fingerprint density at radius 1 is 0.931 bits per heavy atom. The summed E-state index contributed by atoms with van der Waals surface area (Å²) in [6.45, 7) is 4.50. The van der Waals surface area contributed by atoms with E-state index in [0.29, 0.717) is 105 Å². The van der Waals surface area contributed by atoms with Crippen molar-refractivity contribution in [2.75, 3.05) is 103 Å². The number of urea groups is 1. The Balaban J connectivity index is 0.752. The number of nitrogens with zero attached hydrogens (tertiary/aromatic N) is 5. The third-order valence-electron chi connectivity index (χ3n) is 9.56. The second-order valence-corrected chi connectivity index (χ2v) is 16.2. The van der Waals surface area contributed by atoms with E-state index in [0.717, 1.165) is 35.6 Å². The number of ether oxygens (including phenoxy) is 6. The van der Waals surface area contributed by atoms with Crippen LogP contribution >= 0.6 is 23.5 Å². The number of carbonyl (C=O) groups is 3. The van der Waals surface area contributed by atoms with Gasteiger partial charge in [-0.1, -0.05) is 6.42 Å². The molecule has 2 fully saturated rings. The van der Waals surface area contributed by atoms with Crippen molar-refractivity contribution in [3.05, 3.63) is 18.5 Å². The summed E-state index contributed by atoms with van der Waals surface area (Å²) in [5.41, 5.74) is 8.15. The van der Waals surface area contributed by atoms with Crippen LogP contribution in [0.2, 0.25) is 0 Å². The van der Waals surface area contributed by atoms with E-state index in [-0.39, 0.29) is 55.6 Å². The summed E-state index contributed by atoms with van der Waals surface area (Å²) >= 11 is 3.33. The van der Waals surface area contributed by atoms with Gasteiger partial charge in [-0.05, 0) is 24.6 Å². The summed E-state index contributed by atoms with van der Waals surface area (Å²) < 4.78 is 35.3. The highest BCUT2D eigenvalue weighted by Gasteiger charge is 2.42. The number of imidazole rings is 1. The number of benzene rings is 1. The normalized spacial score (nSPS) is 18.0. The molecule has 5 heterocycles. The Kier molecular flexibility index (Phi) is 16.6. The molecule has 3 aromatic rings. The lowest BCUT2D eigenvalue weighted by Gasteiger charge is -2.18. The lowest BCUT2D eigenvalue weighted by Crippen LogP contribution is -2.36. The van der Waals surface area contributed by atoms with E-state index in [1.807, 2.05) is 47.5 Å². The van der Waals surface area contributed by atoms with Gasteiger partial charge in [-0.15, -0.1) is 0 Å². The molecule has 58 heavy (non-hydrogen) atoms. The smallest absolute Gasteiger partial charge is 0.315 e. The van der Waals surface area contributed by atoms with Gasteiger partial charge in [0.15, 0.2) is 33.6 Å². The molecule has 0 spiro atoms. The van der Waals surface area contributed by atoms with E-state index in [9.17, 15) is 14.4 Å². The lowest BCUT2D eigenvalue weighted by molar-refractivity contribution is -0.122. The fraction of sp³-hybridized carbons (Fsp3) is 0.622. The molecule has 2 saturated heterocycles. The number of nitrogens with two attached hydrogens (primary N) is 1. The average molecular weight is 847 g/mol. The minimum Gasteiger partial charge on any atom is -0.454 e. The Bertz CT molecular complexity index is 1840. The van der Waals surface area contributed by atoms with E-state index >= 15 is 0 Å². The fourth-order valence-corrected chi connectivity index (χ4v) is 9.28. The molecule has 21 heteroatoms. The SMILES string of the molecule is CN(C)c1cc2c(cc1Sc1nc3c(N)ncnc3n1CCNC(=O)CCOCCOCCOCCOCCNC(=O)CCCCC1SCC3NC(=O)NC31)OCO2. The van der Waals surface area contributed by atoms with Crippen LogP contribution in [0.3, 0.4) is 0 Å². The Hall–Kier alpha value is -4.28. The number of rotatable bonds is 26. The van der Waals surface area contributed by atoms with Crippen molar-refractivity contribution in [3.63, 3.8) is 0 Å². The minimum absolute atomic E-state index is 0.0261. The molecule has 0 aliphatic carbocycles. The zero-order valence-electron chi connectivity index (χ0n) is 33.0. The number of carbonyl (C=O) groups excluding carboxylic acids is 3. The molecule has 0 saturated carbocycles. The maximum atomic E-state index is 12.6. The van der Waals surface area contributed by atoms with Crippen molar-refractivity contribution < 1.29 is 42.8 Å². The maximum absolute atomic E-state index is 12.6. The van der Waals surface area contributed by atoms with Crippen molar-refractivity contribution in [3.8, 4) is 11.5 Å². The topological polar surface area (TPSA) is 228 Å². The van der Waals surface area contributed by atoms with E-state index in [1.165, 1.54) is 18.1 Å². The number of amides is 4. The van der Waals surface area contributed by atoms with Gasteiger partial charge in [0.1, 0.15) is 6.33 Å². The zero-order chi connectivity index (χ0) is 40.7. The Labute approximate surface area is 345 Å². The molecule has 6 rings (SSSR count). The van der Waals surface area contributed by atoms with E-state index in [4.69, 9.17) is 39.1 Å². The van der Waals surface area contributed by atoms with Gasteiger partial charge >= 0.3 is 6.03 Å². The summed E-state index contributed by atoms with van der Waals surface area (Å²) in [6.07, 6.45) is 4.88. The Morgan fingerprint density at radius 2 is 1.62 bits per heavy atom. The number of anilines is 2. The van der Waals surface area contributed by atoms with Gasteiger partial charge in [-0.25, -0.2) is 19.7 Å². The molecule has 4 amide bonds. The fourth-order valence-electron chi connectivity index (χ4n) is 6.60. The summed E-state index contributed by atoms with van der Waals surface area (Å²) in [7, 11) is 3.91. The number of nitrogens with one attached hydrogen (secondary N) is 4. The average Bonchev–Trinajstić information content (AvgIpc) is 3.99. The van der Waals surface area contributed by atoms with Gasteiger partial charge in [-0.2, -0.15) is 11.8 Å². The lowest BCUT2D eigenvalue weighted by atomic mass is 10.0. The van der Waals surface area contributed by atoms with Crippen LogP contribution in [0.4, 0.5) is 16.3 Å². The molecular formula is C37H54N10O9S2. The molecule has 2 aromatic heterocycles. The molecule has 0 bridgehead atoms. The largest absolute Gasteiger partial charge is 0.454 e. The number of thioether (sulfide) groups is 1. The molecule has 3 aliphatic heterocycles. The standard InChI is InChI=1S/C37H54N10O9S2/c1-46(2)25-19-26-27(56-23-55-26)20-29(25)58-37-45-33-34(38)41-22-42-35(33)47(37)10-8-39-31(49)7-11-51-13-15-53-17-18-54-16-14-52-12-9-40-30(48)6-4-3-5-28-32-24(21-57-28)43-36(50)44-32/h19-20,22,24,28,32H,3-18,21,23H2,1-2H3,(H,39,49)(H,40,48)(H2,38,41,42)(H2,43,44,50). The van der Waals surface area contributed by atoms with Crippen LogP contribution in [-0.2, 0) is 35.1 Å². The van der Waals surface area contributed by atoms with Crippen molar-refractivity contribution in [2.24, 2.45) is 0 Å². The van der Waals surface area contributed by atoms with Crippen LogP contribution in [0.15, 0.2) is 28.5 Å². The minimum atomic E-state index is -0.138. The number of nitrogen functional groups attached to an aromatic ring is 1. The maximum Gasteiger partial charge on any atom is 0.315 e. The van der Waals surface area contributed by atoms with Gasteiger partial charge in [0, 0.05) is 74.6 Å². The van der Waals surface area contributed by atoms with Crippen LogP contribution < -0.4 is 41.4 Å². The summed E-state index contributed by atoms with van der Waals surface area (Å²) in [6, 6.07) is 4.24. The first kappa shape index (κ1) is 43.3. The predicted molar refractivity (Wildman–Crippen MR) is 219 cm³/mol. The monoisotopic (exact) mass is 846 g/mol. The van der Waals surface area contributed by atoms with Gasteiger partial charge in [-0.3, -0.25) is 9.59 Å². The van der Waals surface area contributed by atoms with Gasteiger partial charge in [0.25, 0.3) is 0 Å².